The Balaban J connectivity index is 1.65. The Morgan fingerprint density at radius 3 is 2.37 bits per heavy atom. The molecule has 1 aromatic heterocycles. The van der Waals surface area contributed by atoms with Crippen LogP contribution in [0, 0.1) is 20.8 Å². The van der Waals surface area contributed by atoms with E-state index in [0.29, 0.717) is 12.0 Å². The van der Waals surface area contributed by atoms with Crippen LogP contribution in [0.5, 0.6) is 0 Å². The SMILES string of the molecule is Cc1cc(C)c(C2C(=O)C=C(Cc3ccc4ccccc4n3)C2=O)c(C)c1. The van der Waals surface area contributed by atoms with Crippen molar-refractivity contribution >= 4 is 22.5 Å². The zero-order chi connectivity index (χ0) is 19.1. The summed E-state index contributed by atoms with van der Waals surface area (Å²) in [6.07, 6.45) is 1.90. The minimum absolute atomic E-state index is 0.0926. The summed E-state index contributed by atoms with van der Waals surface area (Å²) in [5.74, 6) is -0.920. The van der Waals surface area contributed by atoms with Crippen LogP contribution in [0.3, 0.4) is 0 Å². The van der Waals surface area contributed by atoms with E-state index in [2.05, 4.69) is 4.98 Å². The van der Waals surface area contributed by atoms with Gasteiger partial charge in [0.05, 0.1) is 5.52 Å². The molecule has 27 heavy (non-hydrogen) atoms. The van der Waals surface area contributed by atoms with E-state index in [9.17, 15) is 9.59 Å². The molecule has 0 fully saturated rings. The van der Waals surface area contributed by atoms with Crippen LogP contribution in [0.25, 0.3) is 10.9 Å². The molecule has 4 rings (SSSR count). The first-order valence-corrected chi connectivity index (χ1v) is 9.15. The first-order valence-electron chi connectivity index (χ1n) is 9.15. The number of hydrogen-bond donors (Lipinski definition) is 0. The van der Waals surface area contributed by atoms with Crippen LogP contribution in [0.15, 0.2) is 60.2 Å². The average Bonchev–Trinajstić information content (AvgIpc) is 2.88. The molecule has 1 heterocycles. The number of carbonyl (C=O) groups is 2. The van der Waals surface area contributed by atoms with Gasteiger partial charge in [-0.05, 0) is 55.7 Å². The summed E-state index contributed by atoms with van der Waals surface area (Å²) in [6.45, 7) is 5.97. The average molecular weight is 355 g/mol. The number of hydrogen-bond acceptors (Lipinski definition) is 3. The number of Topliss-reactive ketones (excluding diaryl/α,β-unsaturated/α-hetero) is 1. The van der Waals surface area contributed by atoms with Gasteiger partial charge in [0.2, 0.25) is 0 Å². The van der Waals surface area contributed by atoms with Crippen molar-refractivity contribution in [1.29, 1.82) is 0 Å². The van der Waals surface area contributed by atoms with Crippen LogP contribution in [0.2, 0.25) is 0 Å². The van der Waals surface area contributed by atoms with Gasteiger partial charge >= 0.3 is 0 Å². The van der Waals surface area contributed by atoms with E-state index in [0.717, 1.165) is 38.9 Å². The van der Waals surface area contributed by atoms with Crippen LogP contribution >= 0.6 is 0 Å². The smallest absolute Gasteiger partial charge is 0.174 e. The summed E-state index contributed by atoms with van der Waals surface area (Å²) in [4.78, 5) is 30.4. The number of ketones is 2. The largest absolute Gasteiger partial charge is 0.294 e. The highest BCUT2D eigenvalue weighted by Gasteiger charge is 2.37. The lowest BCUT2D eigenvalue weighted by Gasteiger charge is -2.16. The molecule has 1 unspecified atom stereocenters. The molecule has 2 aromatic carbocycles. The predicted octanol–water partition coefficient (Wildman–Crippen LogP) is 4.56. The first-order chi connectivity index (χ1) is 12.9. The summed E-state index contributed by atoms with van der Waals surface area (Å²) in [7, 11) is 0. The maximum absolute atomic E-state index is 13.1. The van der Waals surface area contributed by atoms with E-state index in [4.69, 9.17) is 0 Å². The van der Waals surface area contributed by atoms with E-state index < -0.39 is 5.92 Å². The van der Waals surface area contributed by atoms with Crippen LogP contribution in [0.1, 0.15) is 33.9 Å². The second-order valence-electron chi connectivity index (χ2n) is 7.35. The van der Waals surface area contributed by atoms with Crippen molar-refractivity contribution in [1.82, 2.24) is 4.98 Å². The van der Waals surface area contributed by atoms with Gasteiger partial charge in [0, 0.05) is 23.1 Å². The molecule has 1 aliphatic rings. The second kappa shape index (κ2) is 6.58. The van der Waals surface area contributed by atoms with Crippen molar-refractivity contribution in [2.24, 2.45) is 0 Å². The molecule has 3 nitrogen and oxygen atoms in total. The third-order valence-electron chi connectivity index (χ3n) is 5.23. The molecular formula is C24H21NO2. The second-order valence-corrected chi connectivity index (χ2v) is 7.35. The zero-order valence-electron chi connectivity index (χ0n) is 15.7. The molecule has 0 saturated carbocycles. The van der Waals surface area contributed by atoms with Gasteiger partial charge < -0.3 is 0 Å². The number of nitrogens with zero attached hydrogens (tertiary/aromatic N) is 1. The monoisotopic (exact) mass is 355 g/mol. The molecule has 0 N–H and O–H groups in total. The van der Waals surface area contributed by atoms with Gasteiger partial charge in [-0.25, -0.2) is 0 Å². The molecule has 3 heteroatoms. The van der Waals surface area contributed by atoms with Crippen molar-refractivity contribution in [3.63, 3.8) is 0 Å². The summed E-state index contributed by atoms with van der Waals surface area (Å²) in [5.41, 5.74) is 6.24. The van der Waals surface area contributed by atoms with Gasteiger partial charge in [0.25, 0.3) is 0 Å². The Morgan fingerprint density at radius 2 is 1.63 bits per heavy atom. The van der Waals surface area contributed by atoms with Gasteiger partial charge in [-0.3, -0.25) is 14.6 Å². The van der Waals surface area contributed by atoms with Crippen molar-refractivity contribution in [2.45, 2.75) is 33.1 Å². The van der Waals surface area contributed by atoms with Crippen molar-refractivity contribution in [3.8, 4) is 0 Å². The minimum atomic E-state index is -0.707. The Morgan fingerprint density at radius 1 is 0.926 bits per heavy atom. The zero-order valence-corrected chi connectivity index (χ0v) is 15.7. The number of fused-ring (bicyclic) bond motifs is 1. The predicted molar refractivity (Wildman–Crippen MR) is 107 cm³/mol. The fourth-order valence-electron chi connectivity index (χ4n) is 4.10. The van der Waals surface area contributed by atoms with Crippen LogP contribution < -0.4 is 0 Å². The highest BCUT2D eigenvalue weighted by Crippen LogP contribution is 2.34. The molecule has 0 radical (unpaired) electrons. The topological polar surface area (TPSA) is 47.0 Å². The maximum Gasteiger partial charge on any atom is 0.174 e. The number of rotatable bonds is 3. The molecular weight excluding hydrogens is 334 g/mol. The molecule has 134 valence electrons. The normalized spacial score (nSPS) is 16.9. The Bertz CT molecular complexity index is 1100. The van der Waals surface area contributed by atoms with E-state index in [-0.39, 0.29) is 11.6 Å². The van der Waals surface area contributed by atoms with Gasteiger partial charge in [0.15, 0.2) is 11.6 Å². The van der Waals surface area contributed by atoms with E-state index in [1.54, 1.807) is 0 Å². The molecule has 0 aliphatic heterocycles. The Labute approximate surface area is 158 Å². The van der Waals surface area contributed by atoms with Crippen LogP contribution in [-0.4, -0.2) is 16.6 Å². The number of para-hydroxylation sites is 1. The number of aryl methyl sites for hydroxylation is 3. The van der Waals surface area contributed by atoms with Crippen molar-refractivity contribution < 1.29 is 9.59 Å². The standard InChI is InChI=1S/C24H21NO2/c1-14-10-15(2)22(16(3)11-14)23-21(26)13-18(24(23)27)12-19-9-8-17-6-4-5-7-20(17)25-19/h4-11,13,23H,12H2,1-3H3. The van der Waals surface area contributed by atoms with Crippen LogP contribution in [-0.2, 0) is 16.0 Å². The maximum atomic E-state index is 13.1. The molecule has 0 saturated heterocycles. The highest BCUT2D eigenvalue weighted by atomic mass is 16.2. The lowest BCUT2D eigenvalue weighted by Crippen LogP contribution is -2.18. The number of benzene rings is 2. The Hall–Kier alpha value is -3.07. The lowest BCUT2D eigenvalue weighted by atomic mass is 9.85. The van der Waals surface area contributed by atoms with Crippen molar-refractivity contribution in [3.05, 3.63) is 88.1 Å². The third kappa shape index (κ3) is 3.10. The third-order valence-corrected chi connectivity index (χ3v) is 5.23. The van der Waals surface area contributed by atoms with Gasteiger partial charge in [-0.2, -0.15) is 0 Å². The van der Waals surface area contributed by atoms with Gasteiger partial charge in [0.1, 0.15) is 5.92 Å². The fraction of sp³-hybridized carbons (Fsp3) is 0.208. The minimum Gasteiger partial charge on any atom is -0.294 e. The molecule has 0 amide bonds. The quantitative estimate of drug-likeness (QED) is 0.647. The summed E-state index contributed by atoms with van der Waals surface area (Å²) in [6, 6.07) is 15.9. The van der Waals surface area contributed by atoms with E-state index in [1.165, 1.54) is 6.08 Å². The number of allylic oxidation sites excluding steroid dienone is 2. The molecule has 3 aromatic rings. The molecule has 0 bridgehead atoms. The Kier molecular flexibility index (Phi) is 4.23. The number of pyridine rings is 1. The van der Waals surface area contributed by atoms with Gasteiger partial charge in [-0.1, -0.05) is 42.0 Å². The molecule has 0 spiro atoms. The summed E-state index contributed by atoms with van der Waals surface area (Å²) >= 11 is 0. The van der Waals surface area contributed by atoms with E-state index >= 15 is 0 Å². The first kappa shape index (κ1) is 17.3. The van der Waals surface area contributed by atoms with Crippen LogP contribution in [0.4, 0.5) is 0 Å². The van der Waals surface area contributed by atoms with Crippen molar-refractivity contribution in [2.75, 3.05) is 0 Å². The fourth-order valence-corrected chi connectivity index (χ4v) is 4.10. The number of aromatic nitrogens is 1. The molecule has 1 atom stereocenters. The van der Waals surface area contributed by atoms with Gasteiger partial charge in [-0.15, -0.1) is 0 Å². The highest BCUT2D eigenvalue weighted by molar-refractivity contribution is 6.25. The summed E-state index contributed by atoms with van der Waals surface area (Å²) < 4.78 is 0. The van der Waals surface area contributed by atoms with E-state index in [1.807, 2.05) is 69.3 Å². The number of carbonyl (C=O) groups excluding carboxylic acids is 2. The molecule has 1 aliphatic carbocycles. The lowest BCUT2D eigenvalue weighted by molar-refractivity contribution is -0.122. The summed E-state index contributed by atoms with van der Waals surface area (Å²) in [5, 5.41) is 1.06.